The van der Waals surface area contributed by atoms with E-state index in [0.717, 1.165) is 82.5 Å². The molecule has 5 rings (SSSR count). The number of aromatic hydroxyl groups is 1. The van der Waals surface area contributed by atoms with Crippen molar-refractivity contribution in [2.45, 2.75) is 56.9 Å². The number of cyclic esters (lactones) is 1. The first-order valence-electron chi connectivity index (χ1n) is 17.6. The molecule has 0 spiro atoms. The van der Waals surface area contributed by atoms with E-state index in [-0.39, 0.29) is 48.4 Å². The summed E-state index contributed by atoms with van der Waals surface area (Å²) < 4.78 is 28.0. The van der Waals surface area contributed by atoms with E-state index < -0.39 is 17.9 Å². The molecular formula is C36H53N5O8. The Morgan fingerprint density at radius 2 is 1.37 bits per heavy atom. The molecule has 1 aliphatic carbocycles. The highest BCUT2D eigenvalue weighted by Gasteiger charge is 2.53. The van der Waals surface area contributed by atoms with Crippen molar-refractivity contribution in [2.75, 3.05) is 73.4 Å². The minimum atomic E-state index is -0.591. The van der Waals surface area contributed by atoms with Crippen LogP contribution < -0.4 is 45.9 Å². The van der Waals surface area contributed by atoms with Gasteiger partial charge in [-0.25, -0.2) is 0 Å². The fraction of sp³-hybridized carbons (Fsp3) is 0.611. The number of phenols is 1. The SMILES string of the molecule is COc1cc(C2c3cc4c(cc3C(NC(=O)CCNCCCCNCCCCNCCCCN)C3COC(=O)C23)OCO4)cc(OC)c1O. The lowest BCUT2D eigenvalue weighted by molar-refractivity contribution is -0.141. The molecule has 0 saturated carbocycles. The van der Waals surface area contributed by atoms with Crippen molar-refractivity contribution >= 4 is 11.9 Å². The highest BCUT2D eigenvalue weighted by atomic mass is 16.7. The molecule has 4 unspecified atom stereocenters. The van der Waals surface area contributed by atoms with E-state index in [1.807, 2.05) is 12.1 Å². The molecule has 2 aromatic rings. The second-order valence-electron chi connectivity index (χ2n) is 12.9. The summed E-state index contributed by atoms with van der Waals surface area (Å²) in [6.45, 7) is 6.54. The number of unbranched alkanes of at least 4 members (excludes halogenated alkanes) is 3. The number of amides is 1. The number of nitrogens with one attached hydrogen (secondary N) is 4. The lowest BCUT2D eigenvalue weighted by atomic mass is 9.65. The number of hydrogen-bond donors (Lipinski definition) is 6. The molecule has 3 aliphatic rings. The lowest BCUT2D eigenvalue weighted by Gasteiger charge is -2.39. The Labute approximate surface area is 288 Å². The van der Waals surface area contributed by atoms with Gasteiger partial charge in [0.2, 0.25) is 18.4 Å². The van der Waals surface area contributed by atoms with Gasteiger partial charge in [-0.1, -0.05) is 0 Å². The van der Waals surface area contributed by atoms with Crippen LogP contribution in [0.1, 0.15) is 73.6 Å². The summed E-state index contributed by atoms with van der Waals surface area (Å²) in [6, 6.07) is 6.74. The Morgan fingerprint density at radius 1 is 0.816 bits per heavy atom. The monoisotopic (exact) mass is 683 g/mol. The standard InChI is InChI=1S/C36H53N5O8/c1-45-29-17-23(18-30(46-2)35(29)43)32-24-19-27-28(49-22-48-27)20-25(24)34(26-21-47-36(44)33(26)32)41-31(42)9-16-40-15-8-7-14-39-13-6-5-12-38-11-4-3-10-37/h17-20,26,32-34,38-40,43H,3-16,21-22,37H2,1-2H3,(H,41,42). The quantitative estimate of drug-likeness (QED) is 0.0840. The molecule has 4 atom stereocenters. The summed E-state index contributed by atoms with van der Waals surface area (Å²) in [5.74, 6) is -0.343. The van der Waals surface area contributed by atoms with Crippen LogP contribution in [0, 0.1) is 11.8 Å². The van der Waals surface area contributed by atoms with E-state index in [2.05, 4.69) is 21.3 Å². The molecule has 0 aromatic heterocycles. The van der Waals surface area contributed by atoms with Gasteiger partial charge in [-0.15, -0.1) is 0 Å². The number of methoxy groups -OCH3 is 2. The molecule has 1 saturated heterocycles. The topological polar surface area (TPSA) is 175 Å². The molecule has 2 aliphatic heterocycles. The molecule has 270 valence electrons. The maximum Gasteiger partial charge on any atom is 0.310 e. The van der Waals surface area contributed by atoms with Crippen LogP contribution in [-0.2, 0) is 14.3 Å². The van der Waals surface area contributed by atoms with Gasteiger partial charge < -0.3 is 55.8 Å². The fourth-order valence-electron chi connectivity index (χ4n) is 7.06. The lowest BCUT2D eigenvalue weighted by Crippen LogP contribution is -2.43. The highest BCUT2D eigenvalue weighted by Crippen LogP contribution is 2.55. The second kappa shape index (κ2) is 18.3. The molecule has 1 amide bonds. The summed E-state index contributed by atoms with van der Waals surface area (Å²) in [5, 5.41) is 24.2. The van der Waals surface area contributed by atoms with Gasteiger partial charge in [-0.05, 0) is 119 Å². The zero-order chi connectivity index (χ0) is 34.6. The predicted molar refractivity (Wildman–Crippen MR) is 184 cm³/mol. The van der Waals surface area contributed by atoms with E-state index >= 15 is 0 Å². The Hall–Kier alpha value is -3.78. The number of carbonyl (C=O) groups is 2. The number of fused-ring (bicyclic) bond motifs is 3. The van der Waals surface area contributed by atoms with Crippen molar-refractivity contribution in [3.8, 4) is 28.7 Å². The first-order chi connectivity index (χ1) is 24.0. The summed E-state index contributed by atoms with van der Waals surface area (Å²) in [6.07, 6.45) is 6.96. The largest absolute Gasteiger partial charge is 0.502 e. The molecular weight excluding hydrogens is 630 g/mol. The van der Waals surface area contributed by atoms with Gasteiger partial charge in [-0.3, -0.25) is 9.59 Å². The Kier molecular flexibility index (Phi) is 13.6. The zero-order valence-electron chi connectivity index (χ0n) is 28.8. The molecule has 7 N–H and O–H groups in total. The number of ether oxygens (including phenoxy) is 5. The molecule has 2 heterocycles. The predicted octanol–water partition coefficient (Wildman–Crippen LogP) is 2.69. The van der Waals surface area contributed by atoms with E-state index in [0.29, 0.717) is 30.0 Å². The first kappa shape index (κ1) is 36.5. The van der Waals surface area contributed by atoms with Crippen molar-refractivity contribution in [1.29, 1.82) is 0 Å². The highest BCUT2D eigenvalue weighted by molar-refractivity contribution is 5.81. The van der Waals surface area contributed by atoms with E-state index in [4.69, 9.17) is 29.4 Å². The van der Waals surface area contributed by atoms with E-state index in [9.17, 15) is 14.7 Å². The first-order valence-corrected chi connectivity index (χ1v) is 17.6. The third-order valence-electron chi connectivity index (χ3n) is 9.62. The Bertz CT molecular complexity index is 1380. The molecule has 0 bridgehead atoms. The van der Waals surface area contributed by atoms with Gasteiger partial charge in [-0.2, -0.15) is 0 Å². The zero-order valence-corrected chi connectivity index (χ0v) is 28.8. The molecule has 13 heteroatoms. The van der Waals surface area contributed by atoms with Crippen LogP contribution in [0.25, 0.3) is 0 Å². The van der Waals surface area contributed by atoms with Crippen molar-refractivity contribution in [2.24, 2.45) is 17.6 Å². The third kappa shape index (κ3) is 9.07. The average molecular weight is 684 g/mol. The minimum absolute atomic E-state index is 0.0887. The number of rotatable bonds is 21. The van der Waals surface area contributed by atoms with E-state index in [1.54, 1.807) is 12.1 Å². The van der Waals surface area contributed by atoms with Gasteiger partial charge in [0.05, 0.1) is 32.8 Å². The van der Waals surface area contributed by atoms with Crippen LogP contribution in [-0.4, -0.2) is 90.4 Å². The maximum atomic E-state index is 13.4. The van der Waals surface area contributed by atoms with Crippen molar-refractivity contribution in [1.82, 2.24) is 21.3 Å². The van der Waals surface area contributed by atoms with Crippen molar-refractivity contribution in [3.63, 3.8) is 0 Å². The van der Waals surface area contributed by atoms with Crippen LogP contribution in [0.2, 0.25) is 0 Å². The summed E-state index contributed by atoms with van der Waals surface area (Å²) in [5.41, 5.74) is 7.88. The Morgan fingerprint density at radius 3 is 1.94 bits per heavy atom. The smallest absolute Gasteiger partial charge is 0.310 e. The third-order valence-corrected chi connectivity index (χ3v) is 9.62. The van der Waals surface area contributed by atoms with Gasteiger partial charge in [0, 0.05) is 24.8 Å². The van der Waals surface area contributed by atoms with Crippen molar-refractivity contribution in [3.05, 3.63) is 41.0 Å². The molecule has 1 fully saturated rings. The van der Waals surface area contributed by atoms with Crippen LogP contribution >= 0.6 is 0 Å². The number of esters is 1. The minimum Gasteiger partial charge on any atom is -0.502 e. The average Bonchev–Trinajstić information content (AvgIpc) is 3.73. The second-order valence-corrected chi connectivity index (χ2v) is 12.9. The number of nitrogens with two attached hydrogens (primary N) is 1. The maximum absolute atomic E-state index is 13.4. The fourth-order valence-corrected chi connectivity index (χ4v) is 7.06. The molecule has 49 heavy (non-hydrogen) atoms. The Balaban J connectivity index is 1.14. The van der Waals surface area contributed by atoms with Gasteiger partial charge >= 0.3 is 5.97 Å². The summed E-state index contributed by atoms with van der Waals surface area (Å²) in [4.78, 5) is 26.7. The molecule has 2 aromatic carbocycles. The van der Waals surface area contributed by atoms with Crippen molar-refractivity contribution < 1.29 is 38.4 Å². The van der Waals surface area contributed by atoms with Crippen LogP contribution in [0.4, 0.5) is 0 Å². The van der Waals surface area contributed by atoms with Crippen LogP contribution in [0.5, 0.6) is 28.7 Å². The summed E-state index contributed by atoms with van der Waals surface area (Å²) >= 11 is 0. The number of phenolic OH excluding ortho intramolecular Hbond substituents is 1. The van der Waals surface area contributed by atoms with Gasteiger partial charge in [0.25, 0.3) is 0 Å². The van der Waals surface area contributed by atoms with Crippen LogP contribution in [0.15, 0.2) is 24.3 Å². The summed E-state index contributed by atoms with van der Waals surface area (Å²) in [7, 11) is 2.93. The number of carbonyl (C=O) groups excluding carboxylic acids is 2. The molecule has 0 radical (unpaired) electrons. The molecule has 13 nitrogen and oxygen atoms in total. The normalized spacial score (nSPS) is 20.4. The van der Waals surface area contributed by atoms with Gasteiger partial charge in [0.1, 0.15) is 0 Å². The number of hydrogen-bond acceptors (Lipinski definition) is 12. The van der Waals surface area contributed by atoms with Crippen LogP contribution in [0.3, 0.4) is 0 Å². The van der Waals surface area contributed by atoms with Gasteiger partial charge in [0.15, 0.2) is 23.0 Å². The number of benzene rings is 2. The van der Waals surface area contributed by atoms with E-state index in [1.165, 1.54) is 20.6 Å².